The number of para-hydroxylation sites is 1. The molecule has 11 heteroatoms. The second kappa shape index (κ2) is 8.48. The van der Waals surface area contributed by atoms with Crippen LogP contribution >= 0.6 is 0 Å². The summed E-state index contributed by atoms with van der Waals surface area (Å²) in [6.07, 6.45) is 4.18. The van der Waals surface area contributed by atoms with Crippen molar-refractivity contribution in [2.45, 2.75) is 38.3 Å². The molecule has 2 fully saturated rings. The second-order valence-electron chi connectivity index (χ2n) is 9.67. The van der Waals surface area contributed by atoms with Crippen molar-refractivity contribution in [2.75, 3.05) is 18.0 Å². The zero-order valence-corrected chi connectivity index (χ0v) is 20.1. The van der Waals surface area contributed by atoms with Crippen molar-refractivity contribution in [1.29, 1.82) is 0 Å². The van der Waals surface area contributed by atoms with E-state index in [-0.39, 0.29) is 11.6 Å². The highest BCUT2D eigenvalue weighted by Gasteiger charge is 2.32. The third-order valence-electron chi connectivity index (χ3n) is 7.13. The van der Waals surface area contributed by atoms with E-state index in [0.29, 0.717) is 29.4 Å². The Bertz CT molecular complexity index is 1620. The van der Waals surface area contributed by atoms with Crippen LogP contribution in [0, 0.1) is 18.6 Å². The second-order valence-corrected chi connectivity index (χ2v) is 9.67. The number of amides is 1. The first-order chi connectivity index (χ1) is 17.8. The van der Waals surface area contributed by atoms with Crippen molar-refractivity contribution in [2.24, 2.45) is 11.5 Å². The Balaban J connectivity index is 1.63. The number of hydrogen-bond donors (Lipinski definition) is 2. The number of fused-ring (bicyclic) bond motifs is 1. The molecule has 1 aliphatic carbocycles. The van der Waals surface area contributed by atoms with Gasteiger partial charge in [0, 0.05) is 36.3 Å². The van der Waals surface area contributed by atoms with Gasteiger partial charge in [-0.3, -0.25) is 9.59 Å². The number of aryl methyl sites for hydroxylation is 1. The van der Waals surface area contributed by atoms with Crippen molar-refractivity contribution in [1.82, 2.24) is 19.3 Å². The highest BCUT2D eigenvalue weighted by atomic mass is 19.1. The summed E-state index contributed by atoms with van der Waals surface area (Å²) in [6, 6.07) is 7.27. The molecule has 0 bridgehead atoms. The normalized spacial score (nSPS) is 17.6. The summed E-state index contributed by atoms with van der Waals surface area (Å²) in [4.78, 5) is 33.0. The van der Waals surface area contributed by atoms with Crippen LogP contribution in [0.5, 0.6) is 0 Å². The van der Waals surface area contributed by atoms with Gasteiger partial charge in [0.1, 0.15) is 22.6 Å². The molecule has 1 atom stereocenters. The van der Waals surface area contributed by atoms with Gasteiger partial charge in [-0.05, 0) is 50.5 Å². The number of halogens is 2. The predicted molar refractivity (Wildman–Crippen MR) is 135 cm³/mol. The Labute approximate surface area is 210 Å². The first-order valence-corrected chi connectivity index (χ1v) is 12.1. The molecule has 4 N–H and O–H groups in total. The van der Waals surface area contributed by atoms with Crippen LogP contribution in [-0.4, -0.2) is 44.4 Å². The van der Waals surface area contributed by atoms with E-state index in [2.05, 4.69) is 14.6 Å². The van der Waals surface area contributed by atoms with Crippen LogP contribution in [0.15, 0.2) is 41.3 Å². The molecule has 37 heavy (non-hydrogen) atoms. The molecule has 4 aromatic rings. The molecule has 1 amide bonds. The quantitative estimate of drug-likeness (QED) is 0.430. The van der Waals surface area contributed by atoms with Crippen molar-refractivity contribution >= 4 is 22.6 Å². The van der Waals surface area contributed by atoms with Gasteiger partial charge in [0.15, 0.2) is 11.6 Å². The SMILES string of the molecule is Cc1nc2c(N3CC[C@H](N)C3)c(-c3cnn(-c4c(F)cccc4F)c(=O)c3C(N)=O)ccc2n1C1CC1. The third kappa shape index (κ3) is 3.69. The molecule has 2 aliphatic rings. The Kier molecular flexibility index (Phi) is 5.34. The maximum Gasteiger partial charge on any atom is 0.285 e. The summed E-state index contributed by atoms with van der Waals surface area (Å²) in [5, 5.41) is 4.06. The van der Waals surface area contributed by atoms with E-state index in [1.165, 1.54) is 12.3 Å². The fraction of sp³-hybridized carbons (Fsp3) is 0.308. The van der Waals surface area contributed by atoms with E-state index in [1.54, 1.807) is 0 Å². The standard InChI is InChI=1S/C26H25F2N7O2/c1-13-32-22-20(34(13)15-5-6-15)8-7-16(23(22)33-10-9-14(29)12-33)17-11-31-35(26(37)21(17)25(30)36)24-18(27)3-2-4-19(24)28/h2-4,7-8,11,14-15H,5-6,9-10,12,29H2,1H3,(H2,30,36)/t14-/m0/s1. The number of nitrogens with zero attached hydrogens (tertiary/aromatic N) is 5. The number of anilines is 1. The van der Waals surface area contributed by atoms with E-state index >= 15 is 0 Å². The van der Waals surface area contributed by atoms with E-state index in [0.717, 1.165) is 53.9 Å². The lowest BCUT2D eigenvalue weighted by Gasteiger charge is -2.23. The molecule has 1 saturated heterocycles. The summed E-state index contributed by atoms with van der Waals surface area (Å²) < 4.78 is 31.7. The van der Waals surface area contributed by atoms with E-state index < -0.39 is 34.4 Å². The van der Waals surface area contributed by atoms with Crippen molar-refractivity contribution < 1.29 is 13.6 Å². The Morgan fingerprint density at radius 2 is 1.78 bits per heavy atom. The molecular weight excluding hydrogens is 480 g/mol. The lowest BCUT2D eigenvalue weighted by molar-refractivity contribution is 0.0999. The molecule has 6 rings (SSSR count). The lowest BCUT2D eigenvalue weighted by Crippen LogP contribution is -2.32. The molecule has 1 aliphatic heterocycles. The largest absolute Gasteiger partial charge is 0.368 e. The molecule has 1 saturated carbocycles. The van der Waals surface area contributed by atoms with Crippen molar-refractivity contribution in [3.8, 4) is 16.8 Å². The highest BCUT2D eigenvalue weighted by Crippen LogP contribution is 2.44. The number of aromatic nitrogens is 4. The number of benzene rings is 2. The number of primary amides is 1. The first-order valence-electron chi connectivity index (χ1n) is 12.1. The number of nitrogens with two attached hydrogens (primary N) is 2. The molecule has 0 radical (unpaired) electrons. The summed E-state index contributed by atoms with van der Waals surface area (Å²) in [5.41, 5.74) is 12.9. The molecule has 0 unspecified atom stereocenters. The maximum absolute atomic E-state index is 14.5. The minimum absolute atomic E-state index is 0.0412. The maximum atomic E-state index is 14.5. The van der Waals surface area contributed by atoms with Gasteiger partial charge in [0.05, 0.1) is 17.4 Å². The minimum Gasteiger partial charge on any atom is -0.368 e. The fourth-order valence-corrected chi connectivity index (χ4v) is 5.33. The van der Waals surface area contributed by atoms with Crippen LogP contribution in [0.4, 0.5) is 14.5 Å². The number of hydrogen-bond acceptors (Lipinski definition) is 6. The number of imidazole rings is 1. The average molecular weight is 506 g/mol. The van der Waals surface area contributed by atoms with Crippen LogP contribution in [-0.2, 0) is 0 Å². The van der Waals surface area contributed by atoms with E-state index in [1.807, 2.05) is 19.1 Å². The Morgan fingerprint density at radius 1 is 1.05 bits per heavy atom. The zero-order chi connectivity index (χ0) is 26.0. The monoisotopic (exact) mass is 505 g/mol. The topological polar surface area (TPSA) is 125 Å². The molecular formula is C26H25F2N7O2. The molecule has 3 heterocycles. The number of carbonyl (C=O) groups excluding carboxylic acids is 1. The van der Waals surface area contributed by atoms with Crippen molar-refractivity contribution in [3.05, 3.63) is 69.9 Å². The fourth-order valence-electron chi connectivity index (χ4n) is 5.33. The lowest BCUT2D eigenvalue weighted by atomic mass is 9.98. The van der Waals surface area contributed by atoms with Crippen LogP contribution in [0.1, 0.15) is 41.5 Å². The molecule has 9 nitrogen and oxygen atoms in total. The summed E-state index contributed by atoms with van der Waals surface area (Å²) in [7, 11) is 0. The Hall–Kier alpha value is -4.12. The third-order valence-corrected chi connectivity index (χ3v) is 7.13. The van der Waals surface area contributed by atoms with Gasteiger partial charge >= 0.3 is 0 Å². The minimum atomic E-state index is -1.03. The molecule has 190 valence electrons. The van der Waals surface area contributed by atoms with Gasteiger partial charge in [-0.25, -0.2) is 13.8 Å². The van der Waals surface area contributed by atoms with Crippen LogP contribution in [0.3, 0.4) is 0 Å². The van der Waals surface area contributed by atoms with Gasteiger partial charge < -0.3 is 20.9 Å². The highest BCUT2D eigenvalue weighted by molar-refractivity contribution is 6.05. The van der Waals surface area contributed by atoms with Crippen LogP contribution in [0.2, 0.25) is 0 Å². The van der Waals surface area contributed by atoms with Gasteiger partial charge in [-0.15, -0.1) is 0 Å². The van der Waals surface area contributed by atoms with Crippen molar-refractivity contribution in [3.63, 3.8) is 0 Å². The smallest absolute Gasteiger partial charge is 0.285 e. The summed E-state index contributed by atoms with van der Waals surface area (Å²) in [5.74, 6) is -2.14. The molecule has 0 spiro atoms. The summed E-state index contributed by atoms with van der Waals surface area (Å²) in [6.45, 7) is 3.19. The van der Waals surface area contributed by atoms with Gasteiger partial charge in [0.25, 0.3) is 11.5 Å². The Morgan fingerprint density at radius 3 is 2.41 bits per heavy atom. The summed E-state index contributed by atoms with van der Waals surface area (Å²) >= 11 is 0. The van der Waals surface area contributed by atoms with Crippen LogP contribution in [0.25, 0.3) is 27.8 Å². The van der Waals surface area contributed by atoms with Gasteiger partial charge in [0.2, 0.25) is 0 Å². The van der Waals surface area contributed by atoms with Crippen LogP contribution < -0.4 is 21.9 Å². The van der Waals surface area contributed by atoms with Gasteiger partial charge in [-0.1, -0.05) is 6.07 Å². The van der Waals surface area contributed by atoms with E-state index in [4.69, 9.17) is 16.5 Å². The van der Waals surface area contributed by atoms with Gasteiger partial charge in [-0.2, -0.15) is 9.78 Å². The first kappa shape index (κ1) is 23.3. The zero-order valence-electron chi connectivity index (χ0n) is 20.1. The van der Waals surface area contributed by atoms with E-state index in [9.17, 15) is 18.4 Å². The molecule has 2 aromatic carbocycles. The number of rotatable bonds is 5. The predicted octanol–water partition coefficient (Wildman–Crippen LogP) is 2.81. The molecule has 2 aromatic heterocycles. The number of carbonyl (C=O) groups is 1. The average Bonchev–Trinajstić information content (AvgIpc) is 3.49.